The van der Waals surface area contributed by atoms with Crippen molar-refractivity contribution in [1.82, 2.24) is 5.32 Å². The second kappa shape index (κ2) is 4.91. The Morgan fingerprint density at radius 2 is 2.50 bits per heavy atom. The van der Waals surface area contributed by atoms with Crippen LogP contribution < -0.4 is 5.32 Å². The molecule has 1 saturated heterocycles. The third-order valence-electron chi connectivity index (χ3n) is 2.72. The first-order valence-corrected chi connectivity index (χ1v) is 6.04. The maximum absolute atomic E-state index is 5.21. The highest BCUT2D eigenvalue weighted by atomic mass is 32.1. The number of rotatable bonds is 5. The average Bonchev–Trinajstić information content (AvgIpc) is 2.61. The Labute approximate surface area is 89.3 Å². The number of thiophene rings is 1. The standard InChI is InChI=1S/C11H17NOS/c1-12-6-10(5-9-7-13-8-9)11-3-2-4-14-11/h2-4,9-10,12H,5-8H2,1H3. The molecule has 1 atom stereocenters. The molecule has 1 aromatic rings. The monoisotopic (exact) mass is 211 g/mol. The number of hydrogen-bond acceptors (Lipinski definition) is 3. The predicted octanol–water partition coefficient (Wildman–Crippen LogP) is 2.09. The van der Waals surface area contributed by atoms with Crippen LogP contribution in [0.2, 0.25) is 0 Å². The molecule has 1 aromatic heterocycles. The molecule has 0 amide bonds. The summed E-state index contributed by atoms with van der Waals surface area (Å²) in [4.78, 5) is 1.51. The molecular weight excluding hydrogens is 194 g/mol. The lowest BCUT2D eigenvalue weighted by atomic mass is 9.92. The van der Waals surface area contributed by atoms with Gasteiger partial charge in [-0.15, -0.1) is 11.3 Å². The zero-order valence-electron chi connectivity index (χ0n) is 8.53. The first kappa shape index (κ1) is 10.1. The van der Waals surface area contributed by atoms with E-state index in [0.717, 1.165) is 25.7 Å². The summed E-state index contributed by atoms with van der Waals surface area (Å²) in [7, 11) is 2.03. The third kappa shape index (κ3) is 2.35. The SMILES string of the molecule is CNCC(CC1COC1)c1cccs1. The molecule has 0 bridgehead atoms. The van der Waals surface area contributed by atoms with E-state index in [-0.39, 0.29) is 0 Å². The predicted molar refractivity (Wildman–Crippen MR) is 59.9 cm³/mol. The fraction of sp³-hybridized carbons (Fsp3) is 0.636. The number of nitrogens with one attached hydrogen (secondary N) is 1. The Kier molecular flexibility index (Phi) is 3.56. The first-order chi connectivity index (χ1) is 6.90. The second-order valence-corrected chi connectivity index (χ2v) is 4.89. The van der Waals surface area contributed by atoms with Crippen molar-refractivity contribution < 1.29 is 4.74 Å². The van der Waals surface area contributed by atoms with Gasteiger partial charge in [-0.3, -0.25) is 0 Å². The molecule has 2 nitrogen and oxygen atoms in total. The molecule has 0 radical (unpaired) electrons. The van der Waals surface area contributed by atoms with E-state index in [0.29, 0.717) is 5.92 Å². The smallest absolute Gasteiger partial charge is 0.0516 e. The summed E-state index contributed by atoms with van der Waals surface area (Å²) in [5.74, 6) is 1.46. The molecule has 1 N–H and O–H groups in total. The van der Waals surface area contributed by atoms with Crippen LogP contribution in [0.15, 0.2) is 17.5 Å². The largest absolute Gasteiger partial charge is 0.381 e. The molecule has 0 saturated carbocycles. The topological polar surface area (TPSA) is 21.3 Å². The summed E-state index contributed by atoms with van der Waals surface area (Å²) in [5, 5.41) is 5.44. The molecule has 1 aliphatic heterocycles. The molecule has 1 unspecified atom stereocenters. The van der Waals surface area contributed by atoms with Crippen LogP contribution in [0.1, 0.15) is 17.2 Å². The van der Waals surface area contributed by atoms with Gasteiger partial charge in [0.2, 0.25) is 0 Å². The van der Waals surface area contributed by atoms with E-state index in [1.165, 1.54) is 11.3 Å². The summed E-state index contributed by atoms with van der Waals surface area (Å²) in [6.07, 6.45) is 1.27. The minimum Gasteiger partial charge on any atom is -0.381 e. The van der Waals surface area contributed by atoms with E-state index in [9.17, 15) is 0 Å². The minimum atomic E-state index is 0.675. The summed E-state index contributed by atoms with van der Waals surface area (Å²) in [6.45, 7) is 3.01. The molecule has 1 aliphatic rings. The summed E-state index contributed by atoms with van der Waals surface area (Å²) < 4.78 is 5.21. The number of ether oxygens (including phenoxy) is 1. The van der Waals surface area contributed by atoms with Crippen LogP contribution in [-0.2, 0) is 4.74 Å². The number of likely N-dealkylation sites (N-methyl/N-ethyl adjacent to an activating group) is 1. The highest BCUT2D eigenvalue weighted by Crippen LogP contribution is 2.29. The van der Waals surface area contributed by atoms with Crippen molar-refractivity contribution in [3.8, 4) is 0 Å². The van der Waals surface area contributed by atoms with Crippen molar-refractivity contribution in [1.29, 1.82) is 0 Å². The lowest BCUT2D eigenvalue weighted by Crippen LogP contribution is -2.31. The molecule has 78 valence electrons. The van der Waals surface area contributed by atoms with Crippen molar-refractivity contribution in [2.24, 2.45) is 5.92 Å². The average molecular weight is 211 g/mol. The molecule has 2 heterocycles. The van der Waals surface area contributed by atoms with Gasteiger partial charge in [0.25, 0.3) is 0 Å². The van der Waals surface area contributed by atoms with Crippen molar-refractivity contribution in [2.45, 2.75) is 12.3 Å². The molecular formula is C11H17NOS. The van der Waals surface area contributed by atoms with Gasteiger partial charge in [0.1, 0.15) is 0 Å². The van der Waals surface area contributed by atoms with Crippen molar-refractivity contribution >= 4 is 11.3 Å². The van der Waals surface area contributed by atoms with Crippen LogP contribution in [0.25, 0.3) is 0 Å². The maximum Gasteiger partial charge on any atom is 0.0516 e. The molecule has 0 spiro atoms. The Balaban J connectivity index is 1.92. The fourth-order valence-electron chi connectivity index (χ4n) is 1.89. The van der Waals surface area contributed by atoms with Crippen LogP contribution in [0.5, 0.6) is 0 Å². The molecule has 2 rings (SSSR count). The van der Waals surface area contributed by atoms with Gasteiger partial charge in [-0.2, -0.15) is 0 Å². The first-order valence-electron chi connectivity index (χ1n) is 5.16. The minimum absolute atomic E-state index is 0.675. The van der Waals surface area contributed by atoms with Gasteiger partial charge >= 0.3 is 0 Å². The van der Waals surface area contributed by atoms with Gasteiger partial charge in [-0.1, -0.05) is 6.07 Å². The van der Waals surface area contributed by atoms with Crippen LogP contribution in [0.4, 0.5) is 0 Å². The zero-order valence-corrected chi connectivity index (χ0v) is 9.35. The Hall–Kier alpha value is -0.380. The lowest BCUT2D eigenvalue weighted by molar-refractivity contribution is -0.0383. The van der Waals surface area contributed by atoms with Gasteiger partial charge in [-0.25, -0.2) is 0 Å². The highest BCUT2D eigenvalue weighted by Gasteiger charge is 2.23. The van der Waals surface area contributed by atoms with E-state index >= 15 is 0 Å². The van der Waals surface area contributed by atoms with Crippen molar-refractivity contribution in [2.75, 3.05) is 26.8 Å². The second-order valence-electron chi connectivity index (χ2n) is 3.91. The van der Waals surface area contributed by atoms with Gasteiger partial charge in [-0.05, 0) is 24.9 Å². The van der Waals surface area contributed by atoms with Crippen LogP contribution in [-0.4, -0.2) is 26.8 Å². The van der Waals surface area contributed by atoms with Crippen molar-refractivity contribution in [3.05, 3.63) is 22.4 Å². The van der Waals surface area contributed by atoms with E-state index in [4.69, 9.17) is 4.74 Å². The fourth-order valence-corrected chi connectivity index (χ4v) is 2.74. The van der Waals surface area contributed by atoms with E-state index < -0.39 is 0 Å². The summed E-state index contributed by atoms with van der Waals surface area (Å²) >= 11 is 1.87. The normalized spacial score (nSPS) is 19.2. The summed E-state index contributed by atoms with van der Waals surface area (Å²) in [5.41, 5.74) is 0. The van der Waals surface area contributed by atoms with Gasteiger partial charge in [0.05, 0.1) is 13.2 Å². The molecule has 1 fully saturated rings. The quantitative estimate of drug-likeness (QED) is 0.805. The van der Waals surface area contributed by atoms with Crippen LogP contribution in [0.3, 0.4) is 0 Å². The molecule has 14 heavy (non-hydrogen) atoms. The zero-order chi connectivity index (χ0) is 9.80. The van der Waals surface area contributed by atoms with Crippen molar-refractivity contribution in [3.63, 3.8) is 0 Å². The van der Waals surface area contributed by atoms with Gasteiger partial charge in [0.15, 0.2) is 0 Å². The number of hydrogen-bond donors (Lipinski definition) is 1. The highest BCUT2D eigenvalue weighted by molar-refractivity contribution is 7.10. The van der Waals surface area contributed by atoms with E-state index in [2.05, 4.69) is 22.8 Å². The Morgan fingerprint density at radius 3 is 3.00 bits per heavy atom. The molecule has 3 heteroatoms. The molecule has 0 aromatic carbocycles. The van der Waals surface area contributed by atoms with E-state index in [1.807, 2.05) is 18.4 Å². The van der Waals surface area contributed by atoms with Gasteiger partial charge in [0, 0.05) is 23.3 Å². The third-order valence-corrected chi connectivity index (χ3v) is 3.76. The van der Waals surface area contributed by atoms with E-state index in [1.54, 1.807) is 0 Å². The maximum atomic E-state index is 5.21. The molecule has 0 aliphatic carbocycles. The summed E-state index contributed by atoms with van der Waals surface area (Å²) in [6, 6.07) is 4.38. The van der Waals surface area contributed by atoms with Gasteiger partial charge < -0.3 is 10.1 Å². The Bertz CT molecular complexity index is 256. The lowest BCUT2D eigenvalue weighted by Gasteiger charge is -2.29. The van der Waals surface area contributed by atoms with Crippen LogP contribution in [0, 0.1) is 5.92 Å². The van der Waals surface area contributed by atoms with Crippen LogP contribution >= 0.6 is 11.3 Å². The Morgan fingerprint density at radius 1 is 1.64 bits per heavy atom.